The Morgan fingerprint density at radius 3 is 2.85 bits per heavy atom. The molecule has 0 saturated heterocycles. The van der Waals surface area contributed by atoms with Crippen LogP contribution in [0.2, 0.25) is 0 Å². The predicted molar refractivity (Wildman–Crippen MR) is 66.3 cm³/mol. The highest BCUT2D eigenvalue weighted by Crippen LogP contribution is 2.23. The van der Waals surface area contributed by atoms with Crippen molar-refractivity contribution >= 4 is 11.7 Å². The number of nitrogens with zero attached hydrogens (tertiary/aromatic N) is 4. The number of carbonyl (C=O) groups excluding carboxylic acids is 1. The minimum Gasteiger partial charge on any atom is -0.464 e. The van der Waals surface area contributed by atoms with Gasteiger partial charge in [-0.25, -0.2) is 9.78 Å². The summed E-state index contributed by atoms with van der Waals surface area (Å²) in [5.41, 5.74) is -0.223. The van der Waals surface area contributed by atoms with Crippen LogP contribution in [0.4, 0.5) is 5.69 Å². The SMILES string of the molecule is COC(=O)c1ccc([N+](=O)[O-])c(-n2cccc2C#N)n1. The topological polar surface area (TPSA) is 111 Å². The van der Waals surface area contributed by atoms with Crippen LogP contribution in [0, 0.1) is 21.4 Å². The van der Waals surface area contributed by atoms with E-state index in [0.717, 1.165) is 6.07 Å². The number of hydrogen-bond donors (Lipinski definition) is 0. The summed E-state index contributed by atoms with van der Waals surface area (Å²) in [6.07, 6.45) is 1.45. The molecule has 0 aliphatic rings. The standard InChI is InChI=1S/C12H8N4O4/c1-20-12(17)9-4-5-10(16(18)19)11(14-9)15-6-2-3-8(15)7-13/h2-6H,1H3. The Morgan fingerprint density at radius 1 is 1.50 bits per heavy atom. The Labute approximate surface area is 113 Å². The molecule has 2 aromatic heterocycles. The summed E-state index contributed by atoms with van der Waals surface area (Å²) < 4.78 is 5.76. The van der Waals surface area contributed by atoms with Gasteiger partial charge in [0.2, 0.25) is 5.82 Å². The summed E-state index contributed by atoms with van der Waals surface area (Å²) in [5, 5.41) is 20.0. The first-order valence-electron chi connectivity index (χ1n) is 5.40. The quantitative estimate of drug-likeness (QED) is 0.474. The normalized spacial score (nSPS) is 9.80. The van der Waals surface area contributed by atoms with E-state index in [1.165, 1.54) is 30.0 Å². The van der Waals surface area contributed by atoms with E-state index in [4.69, 9.17) is 5.26 Å². The second-order valence-corrected chi connectivity index (χ2v) is 3.66. The van der Waals surface area contributed by atoms with Crippen molar-refractivity contribution in [3.05, 3.63) is 52.0 Å². The van der Waals surface area contributed by atoms with Crippen molar-refractivity contribution in [2.24, 2.45) is 0 Å². The second kappa shape index (κ2) is 5.19. The third-order valence-electron chi connectivity index (χ3n) is 2.54. The molecule has 2 rings (SSSR count). The Hall–Kier alpha value is -3.21. The van der Waals surface area contributed by atoms with Crippen molar-refractivity contribution in [2.45, 2.75) is 0 Å². The van der Waals surface area contributed by atoms with Gasteiger partial charge in [-0.3, -0.25) is 14.7 Å². The molecular formula is C12H8N4O4. The number of nitriles is 1. The zero-order valence-corrected chi connectivity index (χ0v) is 10.3. The second-order valence-electron chi connectivity index (χ2n) is 3.66. The van der Waals surface area contributed by atoms with Gasteiger partial charge in [-0.05, 0) is 18.2 Å². The van der Waals surface area contributed by atoms with Gasteiger partial charge < -0.3 is 4.74 Å². The van der Waals surface area contributed by atoms with Gasteiger partial charge in [-0.1, -0.05) is 0 Å². The zero-order valence-electron chi connectivity index (χ0n) is 10.3. The number of ether oxygens (including phenoxy) is 1. The van der Waals surface area contributed by atoms with Gasteiger partial charge >= 0.3 is 11.7 Å². The Balaban J connectivity index is 2.68. The fourth-order valence-corrected chi connectivity index (χ4v) is 1.64. The number of rotatable bonds is 3. The summed E-state index contributed by atoms with van der Waals surface area (Å²) in [4.78, 5) is 25.7. The molecule has 0 fully saturated rings. The third-order valence-corrected chi connectivity index (χ3v) is 2.54. The molecule has 0 spiro atoms. The molecule has 0 atom stereocenters. The van der Waals surface area contributed by atoms with E-state index >= 15 is 0 Å². The molecule has 8 heteroatoms. The van der Waals surface area contributed by atoms with E-state index in [1.807, 2.05) is 6.07 Å². The summed E-state index contributed by atoms with van der Waals surface area (Å²) >= 11 is 0. The van der Waals surface area contributed by atoms with Crippen LogP contribution in [0.5, 0.6) is 0 Å². The number of methoxy groups -OCH3 is 1. The van der Waals surface area contributed by atoms with Gasteiger partial charge in [0, 0.05) is 12.3 Å². The van der Waals surface area contributed by atoms with Crippen molar-refractivity contribution in [1.82, 2.24) is 9.55 Å². The highest BCUT2D eigenvalue weighted by Gasteiger charge is 2.21. The van der Waals surface area contributed by atoms with E-state index in [0.29, 0.717) is 0 Å². The van der Waals surface area contributed by atoms with Crippen LogP contribution in [0.15, 0.2) is 30.5 Å². The zero-order chi connectivity index (χ0) is 14.7. The maximum atomic E-state index is 11.4. The lowest BCUT2D eigenvalue weighted by Gasteiger charge is -2.06. The minimum atomic E-state index is -0.716. The molecule has 0 bridgehead atoms. The molecule has 8 nitrogen and oxygen atoms in total. The van der Waals surface area contributed by atoms with E-state index in [9.17, 15) is 14.9 Å². The number of aromatic nitrogens is 2. The Morgan fingerprint density at radius 2 is 2.25 bits per heavy atom. The Kier molecular flexibility index (Phi) is 3.43. The molecule has 0 aromatic carbocycles. The molecule has 2 aromatic rings. The molecule has 0 amide bonds. The van der Waals surface area contributed by atoms with Crippen LogP contribution in [-0.2, 0) is 4.74 Å². The van der Waals surface area contributed by atoms with Gasteiger partial charge in [0.25, 0.3) is 0 Å². The van der Waals surface area contributed by atoms with Crippen LogP contribution in [0.3, 0.4) is 0 Å². The van der Waals surface area contributed by atoms with Crippen LogP contribution in [0.1, 0.15) is 16.2 Å². The van der Waals surface area contributed by atoms with Crippen molar-refractivity contribution in [1.29, 1.82) is 5.26 Å². The molecule has 0 saturated carbocycles. The van der Waals surface area contributed by atoms with Crippen molar-refractivity contribution < 1.29 is 14.5 Å². The summed E-state index contributed by atoms with van der Waals surface area (Å²) in [7, 11) is 1.18. The minimum absolute atomic E-state index is 0.0781. The van der Waals surface area contributed by atoms with Crippen LogP contribution < -0.4 is 0 Å². The lowest BCUT2D eigenvalue weighted by molar-refractivity contribution is -0.384. The molecule has 2 heterocycles. The fraction of sp³-hybridized carbons (Fsp3) is 0.0833. The predicted octanol–water partition coefficient (Wildman–Crippen LogP) is 1.44. The molecule has 0 unspecified atom stereocenters. The molecule has 20 heavy (non-hydrogen) atoms. The summed E-state index contributed by atoms with van der Waals surface area (Å²) in [6.45, 7) is 0. The van der Waals surface area contributed by atoms with E-state index in [1.54, 1.807) is 6.07 Å². The maximum absolute atomic E-state index is 11.4. The van der Waals surface area contributed by atoms with E-state index in [-0.39, 0.29) is 22.9 Å². The average molecular weight is 272 g/mol. The first kappa shape index (κ1) is 13.2. The monoisotopic (exact) mass is 272 g/mol. The summed E-state index contributed by atoms with van der Waals surface area (Å²) in [5.74, 6) is -0.828. The lowest BCUT2D eigenvalue weighted by Crippen LogP contribution is -2.10. The van der Waals surface area contributed by atoms with Gasteiger partial charge in [0.05, 0.1) is 12.0 Å². The highest BCUT2D eigenvalue weighted by molar-refractivity contribution is 5.87. The number of nitro groups is 1. The average Bonchev–Trinajstić information content (AvgIpc) is 2.93. The first-order chi connectivity index (χ1) is 9.58. The number of esters is 1. The van der Waals surface area contributed by atoms with Crippen molar-refractivity contribution in [3.8, 4) is 11.9 Å². The van der Waals surface area contributed by atoms with Crippen molar-refractivity contribution in [2.75, 3.05) is 7.11 Å². The molecule has 0 aliphatic heterocycles. The maximum Gasteiger partial charge on any atom is 0.356 e. The molecule has 0 aliphatic carbocycles. The number of pyridine rings is 1. The molecular weight excluding hydrogens is 264 g/mol. The molecule has 0 N–H and O–H groups in total. The highest BCUT2D eigenvalue weighted by atomic mass is 16.6. The smallest absolute Gasteiger partial charge is 0.356 e. The van der Waals surface area contributed by atoms with E-state index < -0.39 is 10.9 Å². The summed E-state index contributed by atoms with van der Waals surface area (Å²) in [6, 6.07) is 7.27. The van der Waals surface area contributed by atoms with Gasteiger partial charge in [0.15, 0.2) is 5.69 Å². The first-order valence-corrected chi connectivity index (χ1v) is 5.40. The molecule has 0 radical (unpaired) electrons. The van der Waals surface area contributed by atoms with Gasteiger partial charge in [-0.2, -0.15) is 5.26 Å². The largest absolute Gasteiger partial charge is 0.464 e. The van der Waals surface area contributed by atoms with Crippen molar-refractivity contribution in [3.63, 3.8) is 0 Å². The van der Waals surface area contributed by atoms with Crippen LogP contribution in [0.25, 0.3) is 5.82 Å². The molecule has 100 valence electrons. The number of hydrogen-bond acceptors (Lipinski definition) is 6. The third kappa shape index (κ3) is 2.20. The lowest BCUT2D eigenvalue weighted by atomic mass is 10.3. The van der Waals surface area contributed by atoms with Crippen LogP contribution >= 0.6 is 0 Å². The van der Waals surface area contributed by atoms with E-state index in [2.05, 4.69) is 9.72 Å². The van der Waals surface area contributed by atoms with Gasteiger partial charge in [0.1, 0.15) is 11.8 Å². The van der Waals surface area contributed by atoms with Crippen LogP contribution in [-0.4, -0.2) is 27.6 Å². The van der Waals surface area contributed by atoms with Gasteiger partial charge in [-0.15, -0.1) is 0 Å². The fourth-order valence-electron chi connectivity index (χ4n) is 1.64. The Bertz CT molecular complexity index is 729. The number of carbonyl (C=O) groups is 1.